The number of halogens is 3. The third-order valence-corrected chi connectivity index (χ3v) is 6.48. The van der Waals surface area contributed by atoms with Gasteiger partial charge in [-0.1, -0.05) is 23.2 Å². The number of hydrogen-bond donors (Lipinski definition) is 1. The molecule has 0 aliphatic carbocycles. The van der Waals surface area contributed by atoms with E-state index in [1.807, 2.05) is 0 Å². The number of carbonyl (C=O) groups is 1. The van der Waals surface area contributed by atoms with Crippen LogP contribution in [-0.2, 0) is 10.0 Å². The molecule has 0 spiro atoms. The summed E-state index contributed by atoms with van der Waals surface area (Å²) in [7, 11) is -3.36. The Kier molecular flexibility index (Phi) is 5.41. The number of carbonyl (C=O) groups excluding carboxylic acids is 1. The van der Waals surface area contributed by atoms with E-state index in [2.05, 4.69) is 5.32 Å². The SMILES string of the molecule is O=C(Nc1ccc(F)c(Cl)c1)c1ccc(N2CCCCS2(=O)=O)cc1Cl. The molecule has 1 N–H and O–H groups in total. The quantitative estimate of drug-likeness (QED) is 0.809. The summed E-state index contributed by atoms with van der Waals surface area (Å²) >= 11 is 11.9. The largest absolute Gasteiger partial charge is 0.322 e. The fraction of sp³-hybridized carbons (Fsp3) is 0.235. The average molecular weight is 417 g/mol. The van der Waals surface area contributed by atoms with Crippen molar-refractivity contribution in [1.29, 1.82) is 0 Å². The first-order valence-electron chi connectivity index (χ1n) is 7.84. The number of nitrogens with one attached hydrogen (secondary N) is 1. The van der Waals surface area contributed by atoms with Crippen LogP contribution in [0.1, 0.15) is 23.2 Å². The van der Waals surface area contributed by atoms with Crippen LogP contribution in [0.25, 0.3) is 0 Å². The molecule has 0 saturated carbocycles. The minimum atomic E-state index is -3.36. The van der Waals surface area contributed by atoms with Crippen LogP contribution in [0.4, 0.5) is 15.8 Å². The molecule has 3 rings (SSSR count). The van der Waals surface area contributed by atoms with Gasteiger partial charge in [-0.15, -0.1) is 0 Å². The van der Waals surface area contributed by atoms with Crippen LogP contribution in [0.3, 0.4) is 0 Å². The molecule has 1 aliphatic heterocycles. The van der Waals surface area contributed by atoms with E-state index >= 15 is 0 Å². The summed E-state index contributed by atoms with van der Waals surface area (Å²) in [6, 6.07) is 8.27. The Morgan fingerprint density at radius 1 is 1.08 bits per heavy atom. The number of hydrogen-bond acceptors (Lipinski definition) is 3. The van der Waals surface area contributed by atoms with Gasteiger partial charge in [0.05, 0.1) is 27.0 Å². The first-order valence-corrected chi connectivity index (χ1v) is 10.2. The lowest BCUT2D eigenvalue weighted by Crippen LogP contribution is -2.37. The van der Waals surface area contributed by atoms with Crippen molar-refractivity contribution in [3.05, 3.63) is 57.8 Å². The highest BCUT2D eigenvalue weighted by Gasteiger charge is 2.26. The standard InChI is InChI=1S/C17H15Cl2FN2O3S/c18-14-10-12(22-7-1-2-8-26(22,24)25)4-5-13(14)17(23)21-11-3-6-16(20)15(19)9-11/h3-6,9-10H,1-2,7-8H2,(H,21,23). The highest BCUT2D eigenvalue weighted by atomic mass is 35.5. The van der Waals surface area contributed by atoms with Crippen molar-refractivity contribution in [1.82, 2.24) is 0 Å². The van der Waals surface area contributed by atoms with Gasteiger partial charge in [0, 0.05) is 12.2 Å². The van der Waals surface area contributed by atoms with E-state index in [0.717, 1.165) is 12.5 Å². The number of sulfonamides is 1. The number of benzene rings is 2. The van der Waals surface area contributed by atoms with Gasteiger partial charge in [-0.2, -0.15) is 0 Å². The number of rotatable bonds is 3. The van der Waals surface area contributed by atoms with E-state index in [1.165, 1.54) is 28.6 Å². The fourth-order valence-electron chi connectivity index (χ4n) is 2.69. The monoisotopic (exact) mass is 416 g/mol. The lowest BCUT2D eigenvalue weighted by molar-refractivity contribution is 0.102. The van der Waals surface area contributed by atoms with Gasteiger partial charge in [0.2, 0.25) is 10.0 Å². The smallest absolute Gasteiger partial charge is 0.257 e. The van der Waals surface area contributed by atoms with Gasteiger partial charge in [0.15, 0.2) is 0 Å². The van der Waals surface area contributed by atoms with Crippen LogP contribution in [0.15, 0.2) is 36.4 Å². The molecule has 1 heterocycles. The maximum atomic E-state index is 13.2. The van der Waals surface area contributed by atoms with Gasteiger partial charge >= 0.3 is 0 Å². The lowest BCUT2D eigenvalue weighted by atomic mass is 10.1. The van der Waals surface area contributed by atoms with Crippen LogP contribution in [0.2, 0.25) is 10.0 Å². The Labute approximate surface area is 160 Å². The fourth-order valence-corrected chi connectivity index (χ4v) is 4.77. The highest BCUT2D eigenvalue weighted by Crippen LogP contribution is 2.29. The third-order valence-electron chi connectivity index (χ3n) is 4.01. The van der Waals surface area contributed by atoms with Crippen LogP contribution < -0.4 is 9.62 Å². The number of anilines is 2. The molecule has 1 aliphatic rings. The second kappa shape index (κ2) is 7.42. The van der Waals surface area contributed by atoms with E-state index in [0.29, 0.717) is 24.3 Å². The van der Waals surface area contributed by atoms with Crippen LogP contribution in [0, 0.1) is 5.82 Å². The zero-order valence-corrected chi connectivity index (χ0v) is 15.8. The molecule has 2 aromatic carbocycles. The van der Waals surface area contributed by atoms with E-state index in [1.54, 1.807) is 6.07 Å². The molecule has 9 heteroatoms. The second-order valence-corrected chi connectivity index (χ2v) is 8.67. The van der Waals surface area contributed by atoms with E-state index in [4.69, 9.17) is 23.2 Å². The van der Waals surface area contributed by atoms with Crippen LogP contribution in [0.5, 0.6) is 0 Å². The lowest BCUT2D eigenvalue weighted by Gasteiger charge is -2.28. The number of amides is 1. The summed E-state index contributed by atoms with van der Waals surface area (Å²) < 4.78 is 38.8. The summed E-state index contributed by atoms with van der Waals surface area (Å²) in [5.41, 5.74) is 0.918. The first kappa shape index (κ1) is 18.9. The minimum Gasteiger partial charge on any atom is -0.322 e. The average Bonchev–Trinajstić information content (AvgIpc) is 2.57. The molecule has 0 radical (unpaired) electrons. The molecule has 0 unspecified atom stereocenters. The molecule has 1 amide bonds. The molecule has 138 valence electrons. The van der Waals surface area contributed by atoms with Crippen molar-refractivity contribution >= 4 is 50.5 Å². The second-order valence-electron chi connectivity index (χ2n) is 5.84. The molecular weight excluding hydrogens is 402 g/mol. The van der Waals surface area contributed by atoms with Gasteiger partial charge in [-0.05, 0) is 49.2 Å². The molecule has 0 aromatic heterocycles. The molecular formula is C17H15Cl2FN2O3S. The maximum absolute atomic E-state index is 13.2. The van der Waals surface area contributed by atoms with Crippen LogP contribution >= 0.6 is 23.2 Å². The van der Waals surface area contributed by atoms with E-state index < -0.39 is 21.7 Å². The zero-order chi connectivity index (χ0) is 18.9. The molecule has 2 aromatic rings. The zero-order valence-electron chi connectivity index (χ0n) is 13.5. The van der Waals surface area contributed by atoms with E-state index in [9.17, 15) is 17.6 Å². The van der Waals surface area contributed by atoms with Gasteiger partial charge in [0.25, 0.3) is 5.91 Å². The molecule has 5 nitrogen and oxygen atoms in total. The maximum Gasteiger partial charge on any atom is 0.257 e. The van der Waals surface area contributed by atoms with Crippen molar-refractivity contribution in [3.63, 3.8) is 0 Å². The summed E-state index contributed by atoms with van der Waals surface area (Å²) in [4.78, 5) is 12.4. The summed E-state index contributed by atoms with van der Waals surface area (Å²) in [6.07, 6.45) is 1.40. The highest BCUT2D eigenvalue weighted by molar-refractivity contribution is 7.92. The summed E-state index contributed by atoms with van der Waals surface area (Å²) in [5, 5.41) is 2.58. The van der Waals surface area contributed by atoms with Crippen molar-refractivity contribution in [2.45, 2.75) is 12.8 Å². The van der Waals surface area contributed by atoms with Gasteiger partial charge in [0.1, 0.15) is 5.82 Å². The van der Waals surface area contributed by atoms with Crippen molar-refractivity contribution in [2.24, 2.45) is 0 Å². The Balaban J connectivity index is 1.83. The minimum absolute atomic E-state index is 0.0954. The van der Waals surface area contributed by atoms with E-state index in [-0.39, 0.29) is 21.4 Å². The van der Waals surface area contributed by atoms with Crippen molar-refractivity contribution in [2.75, 3.05) is 21.9 Å². The summed E-state index contributed by atoms with van der Waals surface area (Å²) in [5.74, 6) is -1.00. The van der Waals surface area contributed by atoms with Crippen molar-refractivity contribution < 1.29 is 17.6 Å². The van der Waals surface area contributed by atoms with Crippen LogP contribution in [-0.4, -0.2) is 26.6 Å². The molecule has 0 atom stereocenters. The van der Waals surface area contributed by atoms with Gasteiger partial charge in [-0.3, -0.25) is 9.10 Å². The molecule has 26 heavy (non-hydrogen) atoms. The molecule has 0 bridgehead atoms. The Morgan fingerprint density at radius 2 is 1.85 bits per heavy atom. The van der Waals surface area contributed by atoms with Gasteiger partial charge in [-0.25, -0.2) is 12.8 Å². The van der Waals surface area contributed by atoms with Gasteiger partial charge < -0.3 is 5.32 Å². The summed E-state index contributed by atoms with van der Waals surface area (Å²) in [6.45, 7) is 0.387. The topological polar surface area (TPSA) is 66.5 Å². The number of nitrogens with zero attached hydrogens (tertiary/aromatic N) is 1. The van der Waals surface area contributed by atoms with Crippen molar-refractivity contribution in [3.8, 4) is 0 Å². The molecule has 1 fully saturated rings. The Hall–Kier alpha value is -1.83. The molecule has 1 saturated heterocycles. The predicted molar refractivity (Wildman–Crippen MR) is 101 cm³/mol. The normalized spacial score (nSPS) is 16.3. The Morgan fingerprint density at radius 3 is 2.50 bits per heavy atom. The third kappa shape index (κ3) is 3.95. The first-order chi connectivity index (χ1) is 12.3. The Bertz CT molecular complexity index is 966. The predicted octanol–water partition coefficient (Wildman–Crippen LogP) is 4.31.